The average Bonchev–Trinajstić information content (AvgIpc) is 3.54. The number of rotatable bonds is 10. The van der Waals surface area contributed by atoms with Crippen molar-refractivity contribution in [3.05, 3.63) is 95.7 Å². The van der Waals surface area contributed by atoms with Crippen molar-refractivity contribution in [2.45, 2.75) is 45.8 Å². The van der Waals surface area contributed by atoms with Gasteiger partial charge in [0.1, 0.15) is 24.6 Å². The molecule has 0 spiro atoms. The van der Waals surface area contributed by atoms with Gasteiger partial charge in [-0.05, 0) is 87.2 Å². The van der Waals surface area contributed by atoms with Crippen LogP contribution < -0.4 is 25.0 Å². The molecule has 13 heteroatoms. The van der Waals surface area contributed by atoms with Crippen molar-refractivity contribution in [1.29, 1.82) is 0 Å². The Bertz CT molecular complexity index is 2010. The van der Waals surface area contributed by atoms with Crippen molar-refractivity contribution in [3.63, 3.8) is 0 Å². The Morgan fingerprint density at radius 1 is 0.922 bits per heavy atom. The van der Waals surface area contributed by atoms with Crippen LogP contribution in [0.2, 0.25) is 0 Å². The smallest absolute Gasteiger partial charge is 0.407 e. The molecule has 264 valence electrons. The summed E-state index contributed by atoms with van der Waals surface area (Å²) in [6.07, 6.45) is 1.19. The largest absolute Gasteiger partial charge is 0.490 e. The van der Waals surface area contributed by atoms with Crippen LogP contribution in [-0.4, -0.2) is 60.5 Å². The first-order valence-electron chi connectivity index (χ1n) is 16.5. The van der Waals surface area contributed by atoms with E-state index < -0.39 is 17.7 Å². The maximum absolute atomic E-state index is 13.5. The lowest BCUT2D eigenvalue weighted by atomic mass is 9.98. The fraction of sp³-hybridized carbons (Fsp3) is 0.289. The molecule has 2 aromatic heterocycles. The second-order valence-electron chi connectivity index (χ2n) is 12.7. The molecule has 2 N–H and O–H groups in total. The number of para-hydroxylation sites is 1. The van der Waals surface area contributed by atoms with Gasteiger partial charge in [0.15, 0.2) is 16.6 Å². The molecular weight excluding hydrogens is 671 g/mol. The van der Waals surface area contributed by atoms with E-state index in [1.54, 1.807) is 29.2 Å². The highest BCUT2D eigenvalue weighted by Crippen LogP contribution is 2.34. The van der Waals surface area contributed by atoms with Gasteiger partial charge in [0.25, 0.3) is 0 Å². The summed E-state index contributed by atoms with van der Waals surface area (Å²) in [4.78, 5) is 49.0. The fourth-order valence-corrected chi connectivity index (χ4v) is 6.35. The zero-order valence-electron chi connectivity index (χ0n) is 28.9. The Labute approximate surface area is 299 Å². The van der Waals surface area contributed by atoms with Crippen LogP contribution in [-0.2, 0) is 22.4 Å². The number of benzene rings is 3. The fourth-order valence-electron chi connectivity index (χ4n) is 5.50. The number of nitrogens with zero attached hydrogens (tertiary/aromatic N) is 3. The van der Waals surface area contributed by atoms with E-state index in [-0.39, 0.29) is 30.7 Å². The molecule has 0 saturated heterocycles. The number of pyridine rings is 1. The van der Waals surface area contributed by atoms with Gasteiger partial charge in [0.2, 0.25) is 0 Å². The highest BCUT2D eigenvalue weighted by atomic mass is 32.1. The Morgan fingerprint density at radius 3 is 2.47 bits per heavy atom. The predicted octanol–water partition coefficient (Wildman–Crippen LogP) is 7.61. The number of hydrogen-bond donors (Lipinski definition) is 2. The second kappa shape index (κ2) is 15.5. The van der Waals surface area contributed by atoms with Gasteiger partial charge in [0.05, 0.1) is 23.0 Å². The maximum Gasteiger partial charge on any atom is 0.407 e. The number of carbonyl (C=O) groups is 3. The molecule has 0 aliphatic carbocycles. The highest BCUT2D eigenvalue weighted by Gasteiger charge is 2.25. The Morgan fingerprint density at radius 2 is 1.71 bits per heavy atom. The van der Waals surface area contributed by atoms with Crippen molar-refractivity contribution in [2.75, 3.05) is 37.1 Å². The van der Waals surface area contributed by atoms with E-state index in [2.05, 4.69) is 20.6 Å². The number of anilines is 2. The molecule has 6 rings (SSSR count). The molecule has 0 atom stereocenters. The Hall–Kier alpha value is -5.69. The van der Waals surface area contributed by atoms with Crippen LogP contribution in [0.1, 0.15) is 48.8 Å². The summed E-state index contributed by atoms with van der Waals surface area (Å²) in [7, 11) is 1.29. The van der Waals surface area contributed by atoms with Crippen LogP contribution >= 0.6 is 11.3 Å². The van der Waals surface area contributed by atoms with E-state index in [1.165, 1.54) is 18.4 Å². The summed E-state index contributed by atoms with van der Waals surface area (Å²) in [5.41, 5.74) is 4.28. The number of hydrogen-bond acceptors (Lipinski definition) is 10. The molecule has 12 nitrogen and oxygen atoms in total. The van der Waals surface area contributed by atoms with Crippen LogP contribution in [0.15, 0.2) is 78.9 Å². The van der Waals surface area contributed by atoms with Crippen molar-refractivity contribution in [3.8, 4) is 22.8 Å². The lowest BCUT2D eigenvalue weighted by Crippen LogP contribution is -2.38. The summed E-state index contributed by atoms with van der Waals surface area (Å²) in [5.74, 6) is 0.238. The van der Waals surface area contributed by atoms with Gasteiger partial charge in [0, 0.05) is 24.3 Å². The van der Waals surface area contributed by atoms with Crippen LogP contribution in [0, 0.1) is 0 Å². The Kier molecular flexibility index (Phi) is 10.7. The van der Waals surface area contributed by atoms with E-state index in [4.69, 9.17) is 18.9 Å². The van der Waals surface area contributed by atoms with Gasteiger partial charge in [-0.25, -0.2) is 24.4 Å². The number of alkyl carbamates (subject to hydrolysis) is 1. The van der Waals surface area contributed by atoms with Gasteiger partial charge in [-0.3, -0.25) is 10.2 Å². The molecule has 1 aliphatic heterocycles. The van der Waals surface area contributed by atoms with E-state index in [1.807, 2.05) is 75.4 Å². The second-order valence-corrected chi connectivity index (χ2v) is 13.8. The number of thiazole rings is 1. The number of amides is 3. The monoisotopic (exact) mass is 709 g/mol. The molecule has 0 saturated carbocycles. The summed E-state index contributed by atoms with van der Waals surface area (Å²) < 4.78 is 23.0. The summed E-state index contributed by atoms with van der Waals surface area (Å²) in [6.45, 7) is 6.65. The number of aryl methyl sites for hydroxylation is 1. The summed E-state index contributed by atoms with van der Waals surface area (Å²) in [5, 5.41) is 6.23. The zero-order valence-corrected chi connectivity index (χ0v) is 29.7. The molecule has 3 aromatic carbocycles. The van der Waals surface area contributed by atoms with Crippen molar-refractivity contribution >= 4 is 50.5 Å². The first-order valence-corrected chi connectivity index (χ1v) is 17.4. The van der Waals surface area contributed by atoms with Crippen LogP contribution in [0.5, 0.6) is 11.5 Å². The maximum atomic E-state index is 13.5. The van der Waals surface area contributed by atoms with Gasteiger partial charge in [-0.1, -0.05) is 47.7 Å². The van der Waals surface area contributed by atoms with Gasteiger partial charge < -0.3 is 24.3 Å². The van der Waals surface area contributed by atoms with Crippen molar-refractivity contribution in [2.24, 2.45) is 0 Å². The lowest BCUT2D eigenvalue weighted by molar-refractivity contribution is 0.0522. The molecular formula is C38H39N5O7S. The minimum atomic E-state index is -0.641. The van der Waals surface area contributed by atoms with Gasteiger partial charge in [-0.2, -0.15) is 0 Å². The number of esters is 1. The van der Waals surface area contributed by atoms with Crippen molar-refractivity contribution < 1.29 is 33.3 Å². The molecule has 3 amide bonds. The summed E-state index contributed by atoms with van der Waals surface area (Å²) in [6, 6.07) is 24.1. The lowest BCUT2D eigenvalue weighted by Gasteiger charge is -2.29. The van der Waals surface area contributed by atoms with E-state index in [9.17, 15) is 14.4 Å². The van der Waals surface area contributed by atoms with Crippen LogP contribution in [0.3, 0.4) is 0 Å². The van der Waals surface area contributed by atoms with Gasteiger partial charge in [-0.15, -0.1) is 0 Å². The first-order chi connectivity index (χ1) is 24.6. The van der Waals surface area contributed by atoms with E-state index in [0.29, 0.717) is 29.7 Å². The third-order valence-electron chi connectivity index (χ3n) is 7.86. The molecule has 51 heavy (non-hydrogen) atoms. The number of nitrogens with one attached hydrogen (secondary N) is 2. The van der Waals surface area contributed by atoms with Crippen LogP contribution in [0.25, 0.3) is 21.5 Å². The highest BCUT2D eigenvalue weighted by molar-refractivity contribution is 7.22. The molecule has 0 fully saturated rings. The zero-order chi connectivity index (χ0) is 36.0. The Balaban J connectivity index is 1.09. The van der Waals surface area contributed by atoms with Crippen LogP contribution in [0.4, 0.5) is 20.4 Å². The molecule has 0 radical (unpaired) electrons. The summed E-state index contributed by atoms with van der Waals surface area (Å²) >= 11 is 1.43. The van der Waals surface area contributed by atoms with Crippen molar-refractivity contribution in [1.82, 2.24) is 15.3 Å². The minimum absolute atomic E-state index is 0.0278. The minimum Gasteiger partial charge on any atom is -0.490 e. The van der Waals surface area contributed by atoms with E-state index >= 15 is 0 Å². The average molecular weight is 710 g/mol. The number of carbonyl (C=O) groups excluding carboxylic acids is 3. The van der Waals surface area contributed by atoms with E-state index in [0.717, 1.165) is 45.4 Å². The molecule has 3 heterocycles. The number of methoxy groups -OCH3 is 1. The quantitative estimate of drug-likeness (QED) is 0.111. The topological polar surface area (TPSA) is 141 Å². The standard InChI is InChI=1S/C38H39N5O7S/c1-38(2,3)50-37(46)39-23-24-11-15-27(16-12-24)48-20-21-49-31-18-17-28(40-33(31)34(44)47-4)26-14-13-25-8-7-19-43(30(25)22-26)36(45)42-35-41-29-9-5-6-10-32(29)51-35/h5-6,9-18,22H,7-8,19-21,23H2,1-4H3,(H,39,46)(H,41,42,45). The normalized spacial score (nSPS) is 12.5. The number of ether oxygens (including phenoxy) is 4. The molecule has 5 aromatic rings. The number of urea groups is 1. The van der Waals surface area contributed by atoms with Gasteiger partial charge >= 0.3 is 18.1 Å². The number of fused-ring (bicyclic) bond motifs is 2. The molecule has 0 unspecified atom stereocenters. The first kappa shape index (κ1) is 35.1. The third-order valence-corrected chi connectivity index (χ3v) is 8.81. The molecule has 1 aliphatic rings. The number of aromatic nitrogens is 2. The SMILES string of the molecule is COC(=O)c1nc(-c2ccc3c(c2)N(C(=O)Nc2nc4ccccc4s2)CCC3)ccc1OCCOc1ccc(CNC(=O)OC(C)(C)C)cc1. The predicted molar refractivity (Wildman–Crippen MR) is 196 cm³/mol. The third kappa shape index (κ3) is 8.92. The molecule has 0 bridgehead atoms.